The van der Waals surface area contributed by atoms with Crippen LogP contribution in [0.1, 0.15) is 29.6 Å². The van der Waals surface area contributed by atoms with Crippen LogP contribution in [-0.4, -0.2) is 15.7 Å². The maximum absolute atomic E-state index is 11.5. The first-order valence-electron chi connectivity index (χ1n) is 6.77. The summed E-state index contributed by atoms with van der Waals surface area (Å²) >= 11 is 0. The van der Waals surface area contributed by atoms with E-state index in [0.717, 1.165) is 18.5 Å². The molecular formula is C15H17N5O. The number of amides is 1. The number of hydrogen-bond donors (Lipinski definition) is 2. The molecule has 21 heavy (non-hydrogen) atoms. The Morgan fingerprint density at radius 1 is 1.33 bits per heavy atom. The predicted octanol–water partition coefficient (Wildman–Crippen LogP) is 2.42. The SMILES string of the molecule is N#CCCCCn1cc(C(N)=O)c(Nc2ccccc2)n1. The first-order chi connectivity index (χ1) is 10.2. The summed E-state index contributed by atoms with van der Waals surface area (Å²) in [7, 11) is 0. The third kappa shape index (κ3) is 4.08. The minimum Gasteiger partial charge on any atom is -0.365 e. The summed E-state index contributed by atoms with van der Waals surface area (Å²) < 4.78 is 1.68. The molecule has 6 heteroatoms. The van der Waals surface area contributed by atoms with Crippen molar-refractivity contribution in [3.05, 3.63) is 42.1 Å². The summed E-state index contributed by atoms with van der Waals surface area (Å²) in [5.41, 5.74) is 6.59. The fourth-order valence-corrected chi connectivity index (χ4v) is 1.94. The number of hydrogen-bond acceptors (Lipinski definition) is 4. The number of benzene rings is 1. The Morgan fingerprint density at radius 3 is 2.76 bits per heavy atom. The molecule has 0 aliphatic heterocycles. The van der Waals surface area contributed by atoms with Gasteiger partial charge in [-0.3, -0.25) is 9.48 Å². The Balaban J connectivity index is 2.10. The van der Waals surface area contributed by atoms with E-state index in [1.54, 1.807) is 10.9 Å². The molecule has 0 saturated carbocycles. The lowest BCUT2D eigenvalue weighted by Gasteiger charge is -2.03. The van der Waals surface area contributed by atoms with Crippen molar-refractivity contribution in [1.29, 1.82) is 5.26 Å². The molecule has 1 aromatic carbocycles. The lowest BCUT2D eigenvalue weighted by Crippen LogP contribution is -2.12. The van der Waals surface area contributed by atoms with Crippen LogP contribution in [-0.2, 0) is 6.54 Å². The van der Waals surface area contributed by atoms with Crippen LogP contribution in [0.25, 0.3) is 0 Å². The van der Waals surface area contributed by atoms with Crippen LogP contribution < -0.4 is 11.1 Å². The molecule has 0 unspecified atom stereocenters. The molecule has 1 heterocycles. The lowest BCUT2D eigenvalue weighted by atomic mass is 10.2. The minimum atomic E-state index is -0.517. The van der Waals surface area contributed by atoms with Gasteiger partial charge in [-0.05, 0) is 25.0 Å². The zero-order chi connectivity index (χ0) is 15.1. The molecule has 0 saturated heterocycles. The average molecular weight is 283 g/mol. The first kappa shape index (κ1) is 14.6. The van der Waals surface area contributed by atoms with Crippen molar-refractivity contribution in [3.8, 4) is 6.07 Å². The Morgan fingerprint density at radius 2 is 2.10 bits per heavy atom. The Hall–Kier alpha value is -2.81. The highest BCUT2D eigenvalue weighted by Gasteiger charge is 2.13. The molecule has 0 aliphatic carbocycles. The third-order valence-electron chi connectivity index (χ3n) is 2.99. The first-order valence-corrected chi connectivity index (χ1v) is 6.77. The summed E-state index contributed by atoms with van der Waals surface area (Å²) in [6.45, 7) is 0.651. The van der Waals surface area contributed by atoms with Gasteiger partial charge in [-0.15, -0.1) is 0 Å². The van der Waals surface area contributed by atoms with Crippen LogP contribution in [0.2, 0.25) is 0 Å². The van der Waals surface area contributed by atoms with Crippen molar-refractivity contribution in [1.82, 2.24) is 9.78 Å². The van der Waals surface area contributed by atoms with E-state index in [0.29, 0.717) is 24.3 Å². The third-order valence-corrected chi connectivity index (χ3v) is 2.99. The van der Waals surface area contributed by atoms with Crippen LogP contribution >= 0.6 is 0 Å². The van der Waals surface area contributed by atoms with Crippen LogP contribution in [0.3, 0.4) is 0 Å². The fourth-order valence-electron chi connectivity index (χ4n) is 1.94. The van der Waals surface area contributed by atoms with Gasteiger partial charge in [0.2, 0.25) is 0 Å². The second kappa shape index (κ2) is 7.10. The molecule has 3 N–H and O–H groups in total. The topological polar surface area (TPSA) is 96.7 Å². The number of nitrogens with one attached hydrogen (secondary N) is 1. The highest BCUT2D eigenvalue weighted by molar-refractivity contribution is 5.98. The molecule has 0 fully saturated rings. The normalized spacial score (nSPS) is 10.0. The highest BCUT2D eigenvalue weighted by Crippen LogP contribution is 2.19. The predicted molar refractivity (Wildman–Crippen MR) is 79.9 cm³/mol. The van der Waals surface area contributed by atoms with Crippen LogP contribution in [0, 0.1) is 11.3 Å². The zero-order valence-electron chi connectivity index (χ0n) is 11.6. The van der Waals surface area contributed by atoms with Crippen LogP contribution in [0.4, 0.5) is 11.5 Å². The van der Waals surface area contributed by atoms with Gasteiger partial charge >= 0.3 is 0 Å². The summed E-state index contributed by atoms with van der Waals surface area (Å²) in [6.07, 6.45) is 3.81. The second-order valence-electron chi connectivity index (χ2n) is 4.62. The number of nitriles is 1. The van der Waals surface area contributed by atoms with E-state index in [4.69, 9.17) is 11.0 Å². The average Bonchev–Trinajstić information content (AvgIpc) is 2.88. The number of aromatic nitrogens is 2. The number of unbranched alkanes of at least 4 members (excludes halogenated alkanes) is 2. The van der Waals surface area contributed by atoms with Crippen molar-refractivity contribution >= 4 is 17.4 Å². The lowest BCUT2D eigenvalue weighted by molar-refractivity contribution is 0.100. The van der Waals surface area contributed by atoms with E-state index in [-0.39, 0.29) is 0 Å². The molecule has 2 aromatic rings. The number of nitrogens with two attached hydrogens (primary N) is 1. The van der Waals surface area contributed by atoms with E-state index >= 15 is 0 Å². The quantitative estimate of drug-likeness (QED) is 0.762. The van der Waals surface area contributed by atoms with E-state index in [1.807, 2.05) is 30.3 Å². The van der Waals surface area contributed by atoms with Crippen molar-refractivity contribution in [2.24, 2.45) is 5.73 Å². The van der Waals surface area contributed by atoms with Crippen LogP contribution in [0.15, 0.2) is 36.5 Å². The van der Waals surface area contributed by atoms with Gasteiger partial charge in [0.25, 0.3) is 5.91 Å². The number of rotatable bonds is 7. The zero-order valence-corrected chi connectivity index (χ0v) is 11.6. The minimum absolute atomic E-state index is 0.360. The molecule has 0 bridgehead atoms. The Kier molecular flexibility index (Phi) is 4.94. The smallest absolute Gasteiger partial charge is 0.254 e. The summed E-state index contributed by atoms with van der Waals surface area (Å²) in [5.74, 6) is -0.0642. The van der Waals surface area contributed by atoms with Gasteiger partial charge in [-0.25, -0.2) is 0 Å². The fraction of sp³-hybridized carbons (Fsp3) is 0.267. The van der Waals surface area contributed by atoms with Gasteiger partial charge in [-0.2, -0.15) is 10.4 Å². The van der Waals surface area contributed by atoms with Crippen molar-refractivity contribution in [2.45, 2.75) is 25.8 Å². The van der Waals surface area contributed by atoms with Gasteiger partial charge in [0, 0.05) is 24.8 Å². The largest absolute Gasteiger partial charge is 0.365 e. The summed E-state index contributed by atoms with van der Waals surface area (Å²) in [6, 6.07) is 11.6. The molecule has 1 aromatic heterocycles. The Bertz CT molecular complexity index is 642. The molecule has 108 valence electrons. The Labute approximate surface area is 123 Å². The summed E-state index contributed by atoms with van der Waals surface area (Å²) in [4.78, 5) is 11.5. The molecule has 0 aliphatic rings. The number of carbonyl (C=O) groups is 1. The molecule has 0 spiro atoms. The molecule has 1 amide bonds. The molecule has 2 rings (SSSR count). The maximum atomic E-state index is 11.5. The number of anilines is 2. The molecule has 0 atom stereocenters. The molecule has 6 nitrogen and oxygen atoms in total. The van der Waals surface area contributed by atoms with E-state index in [2.05, 4.69) is 16.5 Å². The molecular weight excluding hydrogens is 266 g/mol. The number of carbonyl (C=O) groups excluding carboxylic acids is 1. The number of primary amides is 1. The van der Waals surface area contributed by atoms with E-state index < -0.39 is 5.91 Å². The summed E-state index contributed by atoms with van der Waals surface area (Å²) in [5, 5.41) is 15.9. The van der Waals surface area contributed by atoms with Gasteiger partial charge in [0.15, 0.2) is 5.82 Å². The molecule has 0 radical (unpaired) electrons. The van der Waals surface area contributed by atoms with Gasteiger partial charge < -0.3 is 11.1 Å². The van der Waals surface area contributed by atoms with Crippen LogP contribution in [0.5, 0.6) is 0 Å². The van der Waals surface area contributed by atoms with Crippen molar-refractivity contribution in [3.63, 3.8) is 0 Å². The van der Waals surface area contributed by atoms with Crippen molar-refractivity contribution in [2.75, 3.05) is 5.32 Å². The number of aryl methyl sites for hydroxylation is 1. The number of nitrogens with zero attached hydrogens (tertiary/aromatic N) is 3. The monoisotopic (exact) mass is 283 g/mol. The van der Waals surface area contributed by atoms with Gasteiger partial charge in [0.05, 0.1) is 6.07 Å². The van der Waals surface area contributed by atoms with Gasteiger partial charge in [-0.1, -0.05) is 18.2 Å². The van der Waals surface area contributed by atoms with E-state index in [9.17, 15) is 4.79 Å². The van der Waals surface area contributed by atoms with Gasteiger partial charge in [0.1, 0.15) is 5.56 Å². The van der Waals surface area contributed by atoms with E-state index in [1.165, 1.54) is 0 Å². The second-order valence-corrected chi connectivity index (χ2v) is 4.62. The highest BCUT2D eigenvalue weighted by atomic mass is 16.1. The number of para-hydroxylation sites is 1. The standard InChI is InChI=1S/C15H17N5O/c16-9-5-2-6-10-20-11-13(14(17)21)15(19-20)18-12-7-3-1-4-8-12/h1,3-4,7-8,11H,2,5-6,10H2,(H2,17,21)(H,18,19). The maximum Gasteiger partial charge on any atom is 0.254 e. The van der Waals surface area contributed by atoms with Crippen molar-refractivity contribution < 1.29 is 4.79 Å².